The van der Waals surface area contributed by atoms with Crippen LogP contribution in [0.5, 0.6) is 0 Å². The number of nitrogens with zero attached hydrogens (tertiary/aromatic N) is 2. The summed E-state index contributed by atoms with van der Waals surface area (Å²) in [4.78, 5) is 12.9. The molecule has 1 unspecified atom stereocenters. The molecule has 0 aromatic heterocycles. The second-order valence-corrected chi connectivity index (χ2v) is 5.78. The summed E-state index contributed by atoms with van der Waals surface area (Å²) in [5.41, 5.74) is 6.82. The van der Waals surface area contributed by atoms with E-state index in [4.69, 9.17) is 5.73 Å². The first-order chi connectivity index (χ1) is 9.11. The number of nitro groups is 1. The van der Waals surface area contributed by atoms with E-state index in [2.05, 4.69) is 20.8 Å². The third kappa shape index (κ3) is 3.52. The maximum atomic E-state index is 10.9. The van der Waals surface area contributed by atoms with Crippen LogP contribution in [0.1, 0.15) is 18.4 Å². The number of likely N-dealkylation sites (tertiary alicyclic amines) is 1. The van der Waals surface area contributed by atoms with E-state index in [1.54, 1.807) is 6.07 Å². The van der Waals surface area contributed by atoms with Crippen molar-refractivity contribution < 1.29 is 4.92 Å². The van der Waals surface area contributed by atoms with Crippen molar-refractivity contribution in [3.63, 3.8) is 0 Å². The first-order valence-corrected chi connectivity index (χ1v) is 7.25. The van der Waals surface area contributed by atoms with E-state index in [1.807, 2.05) is 6.07 Å². The Morgan fingerprint density at radius 3 is 3.00 bits per heavy atom. The molecule has 0 radical (unpaired) electrons. The first-order valence-electron chi connectivity index (χ1n) is 6.46. The second kappa shape index (κ2) is 6.45. The van der Waals surface area contributed by atoms with Crippen LogP contribution in [0.2, 0.25) is 0 Å². The largest absolute Gasteiger partial charge is 0.330 e. The topological polar surface area (TPSA) is 72.4 Å². The van der Waals surface area contributed by atoms with Crippen LogP contribution in [-0.2, 0) is 6.54 Å². The fourth-order valence-electron chi connectivity index (χ4n) is 2.56. The van der Waals surface area contributed by atoms with Crippen molar-refractivity contribution in [3.8, 4) is 0 Å². The van der Waals surface area contributed by atoms with Crippen LogP contribution in [0.15, 0.2) is 22.7 Å². The molecule has 1 atom stereocenters. The fraction of sp³-hybridized carbons (Fsp3) is 0.538. The van der Waals surface area contributed by atoms with E-state index in [0.29, 0.717) is 16.9 Å². The van der Waals surface area contributed by atoms with Gasteiger partial charge in [0.05, 0.1) is 9.40 Å². The molecule has 1 fully saturated rings. The standard InChI is InChI=1S/C13H18BrN3O2/c14-13-11(4-1-5-12(13)17(18)19)9-16-6-2-3-10(7-15)8-16/h1,4-5,10H,2-3,6-9,15H2. The molecule has 0 saturated carbocycles. The van der Waals surface area contributed by atoms with E-state index in [0.717, 1.165) is 31.6 Å². The summed E-state index contributed by atoms with van der Waals surface area (Å²) in [5.74, 6) is 0.547. The summed E-state index contributed by atoms with van der Waals surface area (Å²) in [6.07, 6.45) is 2.33. The Bertz CT molecular complexity index is 467. The van der Waals surface area contributed by atoms with Crippen molar-refractivity contribution in [1.82, 2.24) is 4.90 Å². The van der Waals surface area contributed by atoms with Crippen LogP contribution >= 0.6 is 15.9 Å². The van der Waals surface area contributed by atoms with Gasteiger partial charge in [-0.05, 0) is 53.3 Å². The molecule has 1 saturated heterocycles. The Balaban J connectivity index is 2.10. The zero-order valence-electron chi connectivity index (χ0n) is 10.7. The van der Waals surface area contributed by atoms with Crippen molar-refractivity contribution in [3.05, 3.63) is 38.3 Å². The summed E-state index contributed by atoms with van der Waals surface area (Å²) in [5, 5.41) is 10.9. The Hall–Kier alpha value is -0.980. The van der Waals surface area contributed by atoms with Crippen molar-refractivity contribution >= 4 is 21.6 Å². The Morgan fingerprint density at radius 2 is 2.32 bits per heavy atom. The van der Waals surface area contributed by atoms with Gasteiger partial charge in [-0.3, -0.25) is 15.0 Å². The highest BCUT2D eigenvalue weighted by Gasteiger charge is 2.21. The van der Waals surface area contributed by atoms with Crippen molar-refractivity contribution in [2.24, 2.45) is 11.7 Å². The molecule has 2 rings (SSSR count). The molecular weight excluding hydrogens is 310 g/mol. The van der Waals surface area contributed by atoms with Gasteiger partial charge in [0.2, 0.25) is 0 Å². The average molecular weight is 328 g/mol. The van der Waals surface area contributed by atoms with Gasteiger partial charge in [0.15, 0.2) is 0 Å². The Morgan fingerprint density at radius 1 is 1.53 bits per heavy atom. The van der Waals surface area contributed by atoms with Crippen molar-refractivity contribution in [2.75, 3.05) is 19.6 Å². The van der Waals surface area contributed by atoms with E-state index in [1.165, 1.54) is 12.5 Å². The molecule has 0 aliphatic carbocycles. The van der Waals surface area contributed by atoms with Gasteiger partial charge in [-0.1, -0.05) is 12.1 Å². The second-order valence-electron chi connectivity index (χ2n) is 4.99. The van der Waals surface area contributed by atoms with Crippen LogP contribution in [-0.4, -0.2) is 29.5 Å². The van der Waals surface area contributed by atoms with Gasteiger partial charge >= 0.3 is 0 Å². The molecule has 5 nitrogen and oxygen atoms in total. The van der Waals surface area contributed by atoms with E-state index < -0.39 is 0 Å². The number of hydrogen-bond donors (Lipinski definition) is 1. The highest BCUT2D eigenvalue weighted by atomic mass is 79.9. The summed E-state index contributed by atoms with van der Waals surface area (Å²) >= 11 is 3.35. The maximum Gasteiger partial charge on any atom is 0.283 e. The highest BCUT2D eigenvalue weighted by molar-refractivity contribution is 9.10. The highest BCUT2D eigenvalue weighted by Crippen LogP contribution is 2.30. The third-order valence-electron chi connectivity index (χ3n) is 3.59. The molecule has 1 aliphatic heterocycles. The molecule has 0 amide bonds. The van der Waals surface area contributed by atoms with Crippen LogP contribution in [0.3, 0.4) is 0 Å². The predicted molar refractivity (Wildman–Crippen MR) is 77.9 cm³/mol. The van der Waals surface area contributed by atoms with Crippen LogP contribution < -0.4 is 5.73 Å². The Labute approximate surface area is 121 Å². The SMILES string of the molecule is NCC1CCCN(Cc2cccc([N+](=O)[O-])c2Br)C1. The van der Waals surface area contributed by atoms with Crippen LogP contribution in [0.4, 0.5) is 5.69 Å². The smallest absolute Gasteiger partial charge is 0.283 e. The molecule has 1 aromatic rings. The maximum absolute atomic E-state index is 10.9. The van der Waals surface area contributed by atoms with E-state index in [9.17, 15) is 10.1 Å². The molecule has 104 valence electrons. The number of benzene rings is 1. The molecule has 6 heteroatoms. The molecule has 2 N–H and O–H groups in total. The lowest BCUT2D eigenvalue weighted by molar-refractivity contribution is -0.385. The zero-order valence-corrected chi connectivity index (χ0v) is 12.3. The van der Waals surface area contributed by atoms with Gasteiger partial charge in [-0.2, -0.15) is 0 Å². The number of halogens is 1. The number of nitrogens with two attached hydrogens (primary N) is 1. The van der Waals surface area contributed by atoms with E-state index >= 15 is 0 Å². The fourth-order valence-corrected chi connectivity index (χ4v) is 3.09. The van der Waals surface area contributed by atoms with Crippen molar-refractivity contribution in [2.45, 2.75) is 19.4 Å². The van der Waals surface area contributed by atoms with Gasteiger partial charge in [0.1, 0.15) is 0 Å². The number of rotatable bonds is 4. The average Bonchev–Trinajstić information content (AvgIpc) is 2.41. The van der Waals surface area contributed by atoms with Crippen LogP contribution in [0, 0.1) is 16.0 Å². The van der Waals surface area contributed by atoms with Gasteiger partial charge in [-0.15, -0.1) is 0 Å². The van der Waals surface area contributed by atoms with Crippen molar-refractivity contribution in [1.29, 1.82) is 0 Å². The lowest BCUT2D eigenvalue weighted by Crippen LogP contribution is -2.37. The minimum absolute atomic E-state index is 0.130. The minimum atomic E-state index is -0.355. The number of piperidine rings is 1. The molecule has 1 aromatic carbocycles. The molecule has 0 spiro atoms. The van der Waals surface area contributed by atoms with Crippen LogP contribution in [0.25, 0.3) is 0 Å². The zero-order chi connectivity index (χ0) is 13.8. The summed E-state index contributed by atoms with van der Waals surface area (Å²) in [6.45, 7) is 3.46. The van der Waals surface area contributed by atoms with Gasteiger partial charge in [0, 0.05) is 19.2 Å². The molecule has 19 heavy (non-hydrogen) atoms. The normalized spacial score (nSPS) is 20.4. The third-order valence-corrected chi connectivity index (χ3v) is 4.50. The summed E-state index contributed by atoms with van der Waals surface area (Å²) < 4.78 is 0.592. The summed E-state index contributed by atoms with van der Waals surface area (Å²) in [7, 11) is 0. The lowest BCUT2D eigenvalue weighted by Gasteiger charge is -2.32. The lowest BCUT2D eigenvalue weighted by atomic mass is 9.98. The summed E-state index contributed by atoms with van der Waals surface area (Å²) in [6, 6.07) is 5.19. The number of hydrogen-bond acceptors (Lipinski definition) is 4. The quantitative estimate of drug-likeness (QED) is 0.681. The Kier molecular flexibility index (Phi) is 4.90. The van der Waals surface area contributed by atoms with Gasteiger partial charge in [0.25, 0.3) is 5.69 Å². The molecule has 0 bridgehead atoms. The van der Waals surface area contributed by atoms with E-state index in [-0.39, 0.29) is 10.6 Å². The monoisotopic (exact) mass is 327 g/mol. The minimum Gasteiger partial charge on any atom is -0.330 e. The van der Waals surface area contributed by atoms with Gasteiger partial charge < -0.3 is 5.73 Å². The number of nitro benzene ring substituents is 1. The molecule has 1 heterocycles. The molecule has 1 aliphatic rings. The van der Waals surface area contributed by atoms with Gasteiger partial charge in [-0.25, -0.2) is 0 Å². The first kappa shape index (κ1) is 14.4. The molecular formula is C13H18BrN3O2. The predicted octanol–water partition coefficient (Wildman–Crippen LogP) is 2.53.